The summed E-state index contributed by atoms with van der Waals surface area (Å²) in [5.41, 5.74) is 3.97. The third-order valence-corrected chi connectivity index (χ3v) is 4.27. The Bertz CT molecular complexity index is 779. The standard InChI is InChI=1S/C19H17NO2S/c1-22-18-4-2-3-14(11-18)12-20-19(21)16-7-5-15(6-8-16)17-9-10-23-13-17/h2-11,13H,12H2,1H3,(H,20,21). The molecule has 0 fully saturated rings. The number of hydrogen-bond acceptors (Lipinski definition) is 3. The molecule has 2 aromatic carbocycles. The summed E-state index contributed by atoms with van der Waals surface area (Å²) < 4.78 is 5.18. The van der Waals surface area contributed by atoms with E-state index in [1.807, 2.05) is 53.9 Å². The molecule has 3 rings (SSSR count). The summed E-state index contributed by atoms with van der Waals surface area (Å²) in [7, 11) is 1.63. The highest BCUT2D eigenvalue weighted by molar-refractivity contribution is 7.08. The van der Waals surface area contributed by atoms with Crippen molar-refractivity contribution in [2.45, 2.75) is 6.54 Å². The van der Waals surface area contributed by atoms with Crippen LogP contribution in [0.3, 0.4) is 0 Å². The van der Waals surface area contributed by atoms with Crippen LogP contribution in [0.5, 0.6) is 5.75 Å². The van der Waals surface area contributed by atoms with Gasteiger partial charge >= 0.3 is 0 Å². The molecule has 0 bridgehead atoms. The van der Waals surface area contributed by atoms with Crippen LogP contribution in [0.25, 0.3) is 11.1 Å². The van der Waals surface area contributed by atoms with Gasteiger partial charge in [-0.25, -0.2) is 0 Å². The maximum atomic E-state index is 12.2. The molecular weight excluding hydrogens is 306 g/mol. The number of carbonyl (C=O) groups excluding carboxylic acids is 1. The highest BCUT2D eigenvalue weighted by Gasteiger charge is 2.06. The quantitative estimate of drug-likeness (QED) is 0.758. The first-order valence-electron chi connectivity index (χ1n) is 7.30. The minimum atomic E-state index is -0.0790. The average Bonchev–Trinajstić information content (AvgIpc) is 3.14. The van der Waals surface area contributed by atoms with Crippen molar-refractivity contribution in [2.75, 3.05) is 7.11 Å². The van der Waals surface area contributed by atoms with Crippen molar-refractivity contribution in [2.24, 2.45) is 0 Å². The first kappa shape index (κ1) is 15.3. The van der Waals surface area contributed by atoms with Crippen LogP contribution >= 0.6 is 11.3 Å². The largest absolute Gasteiger partial charge is 0.497 e. The zero-order chi connectivity index (χ0) is 16.1. The van der Waals surface area contributed by atoms with Gasteiger partial charge in [-0.2, -0.15) is 11.3 Å². The van der Waals surface area contributed by atoms with Gasteiger partial charge < -0.3 is 10.1 Å². The predicted octanol–water partition coefficient (Wildman–Crippen LogP) is 4.35. The molecule has 1 heterocycles. The van der Waals surface area contributed by atoms with E-state index in [1.165, 1.54) is 5.56 Å². The number of benzene rings is 2. The Labute approximate surface area is 139 Å². The zero-order valence-corrected chi connectivity index (χ0v) is 13.6. The number of methoxy groups -OCH3 is 1. The van der Waals surface area contributed by atoms with E-state index in [0.29, 0.717) is 12.1 Å². The van der Waals surface area contributed by atoms with Crippen molar-refractivity contribution in [3.8, 4) is 16.9 Å². The highest BCUT2D eigenvalue weighted by Crippen LogP contribution is 2.22. The third-order valence-electron chi connectivity index (χ3n) is 3.59. The van der Waals surface area contributed by atoms with Crippen molar-refractivity contribution in [3.05, 3.63) is 76.5 Å². The van der Waals surface area contributed by atoms with Crippen LogP contribution in [0.2, 0.25) is 0 Å². The monoisotopic (exact) mass is 323 g/mol. The van der Waals surface area contributed by atoms with Crippen LogP contribution in [-0.4, -0.2) is 13.0 Å². The number of carbonyl (C=O) groups is 1. The van der Waals surface area contributed by atoms with Gasteiger partial charge in [-0.1, -0.05) is 24.3 Å². The minimum Gasteiger partial charge on any atom is -0.497 e. The minimum absolute atomic E-state index is 0.0790. The SMILES string of the molecule is COc1cccc(CNC(=O)c2ccc(-c3ccsc3)cc2)c1. The predicted molar refractivity (Wildman–Crippen MR) is 93.9 cm³/mol. The van der Waals surface area contributed by atoms with Crippen LogP contribution in [0.4, 0.5) is 0 Å². The summed E-state index contributed by atoms with van der Waals surface area (Å²) in [6, 6.07) is 17.4. The lowest BCUT2D eigenvalue weighted by Gasteiger charge is -2.07. The molecule has 3 aromatic rings. The van der Waals surface area contributed by atoms with Crippen LogP contribution in [0.1, 0.15) is 15.9 Å². The molecule has 1 aromatic heterocycles. The zero-order valence-electron chi connectivity index (χ0n) is 12.8. The lowest BCUT2D eigenvalue weighted by Crippen LogP contribution is -2.22. The Hall–Kier alpha value is -2.59. The lowest BCUT2D eigenvalue weighted by atomic mass is 10.1. The Balaban J connectivity index is 1.64. The molecule has 23 heavy (non-hydrogen) atoms. The van der Waals surface area contributed by atoms with Crippen molar-refractivity contribution in [1.29, 1.82) is 0 Å². The molecule has 0 saturated heterocycles. The van der Waals surface area contributed by atoms with Crippen molar-refractivity contribution in [1.82, 2.24) is 5.32 Å². The molecular formula is C19H17NO2S. The van der Waals surface area contributed by atoms with E-state index in [4.69, 9.17) is 4.74 Å². The second-order valence-electron chi connectivity index (χ2n) is 5.12. The number of thiophene rings is 1. The van der Waals surface area contributed by atoms with Crippen molar-refractivity contribution < 1.29 is 9.53 Å². The van der Waals surface area contributed by atoms with Gasteiger partial charge in [-0.05, 0) is 57.8 Å². The van der Waals surface area contributed by atoms with E-state index in [0.717, 1.165) is 16.9 Å². The van der Waals surface area contributed by atoms with E-state index in [1.54, 1.807) is 18.4 Å². The Kier molecular flexibility index (Phi) is 4.74. The Morgan fingerprint density at radius 2 is 1.91 bits per heavy atom. The smallest absolute Gasteiger partial charge is 0.251 e. The van der Waals surface area contributed by atoms with E-state index in [9.17, 15) is 4.79 Å². The van der Waals surface area contributed by atoms with Gasteiger partial charge in [0.1, 0.15) is 5.75 Å². The molecule has 0 unspecified atom stereocenters. The van der Waals surface area contributed by atoms with Crippen LogP contribution in [0.15, 0.2) is 65.4 Å². The first-order chi connectivity index (χ1) is 11.3. The number of ether oxygens (including phenoxy) is 1. The molecule has 3 nitrogen and oxygen atoms in total. The molecule has 0 radical (unpaired) electrons. The van der Waals surface area contributed by atoms with E-state index in [-0.39, 0.29) is 5.91 Å². The van der Waals surface area contributed by atoms with Gasteiger partial charge in [-0.15, -0.1) is 0 Å². The summed E-state index contributed by atoms with van der Waals surface area (Å²) in [5, 5.41) is 7.07. The average molecular weight is 323 g/mol. The second-order valence-corrected chi connectivity index (χ2v) is 5.90. The molecule has 0 aliphatic rings. The molecule has 1 amide bonds. The normalized spacial score (nSPS) is 10.3. The van der Waals surface area contributed by atoms with Gasteiger partial charge in [-0.3, -0.25) is 4.79 Å². The molecule has 0 aliphatic carbocycles. The van der Waals surface area contributed by atoms with Crippen LogP contribution in [-0.2, 0) is 6.54 Å². The molecule has 4 heteroatoms. The molecule has 1 N–H and O–H groups in total. The summed E-state index contributed by atoms with van der Waals surface area (Å²) in [6.07, 6.45) is 0. The number of nitrogens with one attached hydrogen (secondary N) is 1. The number of rotatable bonds is 5. The summed E-state index contributed by atoms with van der Waals surface area (Å²) in [6.45, 7) is 0.475. The van der Waals surface area contributed by atoms with E-state index in [2.05, 4.69) is 16.8 Å². The van der Waals surface area contributed by atoms with E-state index < -0.39 is 0 Å². The van der Waals surface area contributed by atoms with Crippen LogP contribution < -0.4 is 10.1 Å². The highest BCUT2D eigenvalue weighted by atomic mass is 32.1. The van der Waals surface area contributed by atoms with Gasteiger partial charge in [0.05, 0.1) is 7.11 Å². The number of hydrogen-bond donors (Lipinski definition) is 1. The van der Waals surface area contributed by atoms with Crippen molar-refractivity contribution in [3.63, 3.8) is 0 Å². The number of amides is 1. The fourth-order valence-corrected chi connectivity index (χ4v) is 2.97. The van der Waals surface area contributed by atoms with Gasteiger partial charge in [0.15, 0.2) is 0 Å². The third kappa shape index (κ3) is 3.79. The summed E-state index contributed by atoms with van der Waals surface area (Å²) >= 11 is 1.66. The van der Waals surface area contributed by atoms with Gasteiger partial charge in [0, 0.05) is 12.1 Å². The fourth-order valence-electron chi connectivity index (χ4n) is 2.31. The van der Waals surface area contributed by atoms with Crippen LogP contribution in [0, 0.1) is 0 Å². The molecule has 0 atom stereocenters. The van der Waals surface area contributed by atoms with Gasteiger partial charge in [0.25, 0.3) is 5.91 Å². The van der Waals surface area contributed by atoms with Gasteiger partial charge in [0.2, 0.25) is 0 Å². The molecule has 0 aliphatic heterocycles. The van der Waals surface area contributed by atoms with Crippen molar-refractivity contribution >= 4 is 17.2 Å². The Morgan fingerprint density at radius 3 is 2.61 bits per heavy atom. The second kappa shape index (κ2) is 7.11. The topological polar surface area (TPSA) is 38.3 Å². The Morgan fingerprint density at radius 1 is 1.09 bits per heavy atom. The summed E-state index contributed by atoms with van der Waals surface area (Å²) in [5.74, 6) is 0.710. The maximum absolute atomic E-state index is 12.2. The lowest BCUT2D eigenvalue weighted by molar-refractivity contribution is 0.0951. The molecule has 116 valence electrons. The molecule has 0 spiro atoms. The summed E-state index contributed by atoms with van der Waals surface area (Å²) in [4.78, 5) is 12.2. The molecule has 0 saturated carbocycles. The fraction of sp³-hybridized carbons (Fsp3) is 0.105. The first-order valence-corrected chi connectivity index (χ1v) is 8.24. The maximum Gasteiger partial charge on any atom is 0.251 e. The van der Waals surface area contributed by atoms with E-state index >= 15 is 0 Å².